The Balaban J connectivity index is 1.56. The molecule has 0 aliphatic heterocycles. The Hall–Kier alpha value is -3.64. The van der Waals surface area contributed by atoms with Gasteiger partial charge in [-0.05, 0) is 57.9 Å². The van der Waals surface area contributed by atoms with Crippen molar-refractivity contribution in [3.05, 3.63) is 59.3 Å². The highest BCUT2D eigenvalue weighted by Gasteiger charge is 2.35. The number of aliphatic hydroxyl groups excluding tert-OH is 2. The Morgan fingerprint density at radius 3 is 2.65 bits per heavy atom. The van der Waals surface area contributed by atoms with Crippen LogP contribution in [0.1, 0.15) is 55.0 Å². The summed E-state index contributed by atoms with van der Waals surface area (Å²) in [5, 5.41) is 31.1. The van der Waals surface area contributed by atoms with Crippen molar-refractivity contribution in [1.82, 2.24) is 24.9 Å². The zero-order valence-corrected chi connectivity index (χ0v) is 22.6. The molecule has 1 fully saturated rings. The summed E-state index contributed by atoms with van der Waals surface area (Å²) in [5.74, 6) is 0.434. The maximum Gasteiger partial charge on any atom is 0.419 e. The first kappa shape index (κ1) is 29.3. The Bertz CT molecular complexity index is 1330. The molecule has 2 heterocycles. The Labute approximate surface area is 231 Å². The van der Waals surface area contributed by atoms with Gasteiger partial charge in [0.2, 0.25) is 0 Å². The van der Waals surface area contributed by atoms with E-state index in [1.807, 2.05) is 23.9 Å². The summed E-state index contributed by atoms with van der Waals surface area (Å²) in [4.78, 5) is 4.04. The molecule has 12 heteroatoms. The highest BCUT2D eigenvalue weighted by atomic mass is 19.4. The van der Waals surface area contributed by atoms with Crippen molar-refractivity contribution >= 4 is 12.8 Å². The first-order valence-electron chi connectivity index (χ1n) is 13.2. The molecule has 1 saturated carbocycles. The van der Waals surface area contributed by atoms with Gasteiger partial charge in [-0.25, -0.2) is 4.99 Å². The van der Waals surface area contributed by atoms with Crippen molar-refractivity contribution < 1.29 is 28.1 Å². The fourth-order valence-electron chi connectivity index (χ4n) is 4.95. The summed E-state index contributed by atoms with van der Waals surface area (Å²) in [6.45, 7) is 5.73. The molecular weight excluding hydrogens is 525 g/mol. The number of aryl methyl sites for hydroxylation is 1. The molecule has 1 aliphatic rings. The largest absolute Gasteiger partial charge is 0.490 e. The lowest BCUT2D eigenvalue weighted by Crippen LogP contribution is -2.27. The number of rotatable bonds is 11. The summed E-state index contributed by atoms with van der Waals surface area (Å²) < 4.78 is 49.8. The second-order valence-corrected chi connectivity index (χ2v) is 9.90. The van der Waals surface area contributed by atoms with E-state index in [0.29, 0.717) is 44.5 Å². The van der Waals surface area contributed by atoms with Gasteiger partial charge in [0.1, 0.15) is 11.6 Å². The van der Waals surface area contributed by atoms with E-state index >= 15 is 0 Å². The summed E-state index contributed by atoms with van der Waals surface area (Å²) in [5.41, 5.74) is 2.56. The molecular formula is C28H35F3N6O3. The number of nitrogens with one attached hydrogen (secondary N) is 1. The number of aromatic nitrogens is 4. The lowest BCUT2D eigenvalue weighted by Gasteiger charge is -2.30. The molecule has 0 unspecified atom stereocenters. The van der Waals surface area contributed by atoms with E-state index < -0.39 is 17.8 Å². The van der Waals surface area contributed by atoms with Crippen LogP contribution in [0.3, 0.4) is 0 Å². The number of ether oxygens (including phenoxy) is 1. The predicted octanol–water partition coefficient (Wildman–Crippen LogP) is 4.60. The second-order valence-electron chi connectivity index (χ2n) is 9.90. The number of para-hydroxylation sites is 1. The first-order chi connectivity index (χ1) is 19.1. The summed E-state index contributed by atoms with van der Waals surface area (Å²) in [6, 6.07) is 5.32. The summed E-state index contributed by atoms with van der Waals surface area (Å²) in [6.07, 6.45) is 2.71. The number of halogens is 3. The molecule has 40 heavy (non-hydrogen) atoms. The van der Waals surface area contributed by atoms with Crippen molar-refractivity contribution in [3.63, 3.8) is 0 Å². The SMILES string of the molecule is C=N/C(=C\c1c(C)c(-c2cnn(CC[C@@H](O)CO)c2)nn1C1CCC(Oc2ccccc2C(F)(F)F)CC1)NC. The van der Waals surface area contributed by atoms with Crippen LogP contribution in [-0.2, 0) is 12.7 Å². The molecule has 3 N–H and O–H groups in total. The third-order valence-electron chi connectivity index (χ3n) is 7.18. The van der Waals surface area contributed by atoms with Crippen LogP contribution in [0.2, 0.25) is 0 Å². The molecule has 4 rings (SSSR count). The Kier molecular flexibility index (Phi) is 9.31. The second kappa shape index (κ2) is 12.7. The molecule has 216 valence electrons. The van der Waals surface area contributed by atoms with Crippen molar-refractivity contribution in [3.8, 4) is 17.0 Å². The Morgan fingerprint density at radius 1 is 1.27 bits per heavy atom. The van der Waals surface area contributed by atoms with Crippen LogP contribution in [0.5, 0.6) is 5.75 Å². The number of aliphatic hydroxyl groups is 2. The summed E-state index contributed by atoms with van der Waals surface area (Å²) in [7, 11) is 1.75. The molecule has 0 radical (unpaired) electrons. The first-order valence-corrected chi connectivity index (χ1v) is 13.2. The molecule has 0 spiro atoms. The minimum absolute atomic E-state index is 0.00841. The molecule has 0 saturated heterocycles. The monoisotopic (exact) mass is 560 g/mol. The Morgan fingerprint density at radius 2 is 2.00 bits per heavy atom. The van der Waals surface area contributed by atoms with Gasteiger partial charge in [-0.2, -0.15) is 23.4 Å². The fraction of sp³-hybridized carbons (Fsp3) is 0.464. The van der Waals surface area contributed by atoms with Crippen LogP contribution >= 0.6 is 0 Å². The van der Waals surface area contributed by atoms with Crippen molar-refractivity contribution in [2.45, 2.75) is 70.0 Å². The normalized spacial score (nSPS) is 18.9. The zero-order valence-electron chi connectivity index (χ0n) is 22.6. The van der Waals surface area contributed by atoms with Gasteiger partial charge in [-0.1, -0.05) is 12.1 Å². The number of nitrogens with zero attached hydrogens (tertiary/aromatic N) is 5. The average Bonchev–Trinajstić information content (AvgIpc) is 3.54. The number of alkyl halides is 3. The van der Waals surface area contributed by atoms with Crippen LogP contribution in [0.25, 0.3) is 17.3 Å². The standard InChI is InChI=1S/C28H35F3N6O3/c1-18-24(14-26(32-2)33-3)37(35-27(18)19-15-34-36(16-19)13-12-21(39)17-38)20-8-10-22(11-9-20)40-25-7-5-4-6-23(25)28(29,30)31/h4-7,14-16,20-22,33,38-39H,2,8-13,17H2,1,3H3/b26-14+/t20?,21-,22?/m1/s1. The van der Waals surface area contributed by atoms with Crippen LogP contribution in [-0.4, -0.2) is 62.4 Å². The quantitative estimate of drug-likeness (QED) is 0.296. The van der Waals surface area contributed by atoms with Gasteiger partial charge >= 0.3 is 6.18 Å². The van der Waals surface area contributed by atoms with E-state index in [1.54, 1.807) is 24.0 Å². The average molecular weight is 561 g/mol. The predicted molar refractivity (Wildman–Crippen MR) is 146 cm³/mol. The van der Waals surface area contributed by atoms with E-state index in [1.165, 1.54) is 12.1 Å². The van der Waals surface area contributed by atoms with Gasteiger partial charge in [0.25, 0.3) is 0 Å². The van der Waals surface area contributed by atoms with Gasteiger partial charge in [0, 0.05) is 37.0 Å². The molecule has 0 amide bonds. The minimum atomic E-state index is -4.48. The number of hydrogen-bond acceptors (Lipinski definition) is 7. The van der Waals surface area contributed by atoms with Gasteiger partial charge < -0.3 is 20.3 Å². The third-order valence-corrected chi connectivity index (χ3v) is 7.18. The third kappa shape index (κ3) is 6.73. The van der Waals surface area contributed by atoms with Crippen LogP contribution in [0.15, 0.2) is 47.5 Å². The molecule has 2 aromatic heterocycles. The lowest BCUT2D eigenvalue weighted by atomic mass is 9.92. The number of benzene rings is 1. The summed E-state index contributed by atoms with van der Waals surface area (Å²) >= 11 is 0. The molecule has 1 atom stereocenters. The molecule has 0 bridgehead atoms. The topological polar surface area (TPSA) is 110 Å². The van der Waals surface area contributed by atoms with E-state index in [4.69, 9.17) is 14.9 Å². The maximum absolute atomic E-state index is 13.4. The smallest absolute Gasteiger partial charge is 0.419 e. The maximum atomic E-state index is 13.4. The number of aliphatic imine (C=N–C) groups is 1. The van der Waals surface area contributed by atoms with Crippen molar-refractivity contribution in [2.24, 2.45) is 4.99 Å². The van der Waals surface area contributed by atoms with E-state index in [2.05, 4.69) is 22.1 Å². The highest BCUT2D eigenvalue weighted by Crippen LogP contribution is 2.39. The van der Waals surface area contributed by atoms with Gasteiger partial charge in [0.05, 0.1) is 48.0 Å². The fourth-order valence-corrected chi connectivity index (χ4v) is 4.95. The van der Waals surface area contributed by atoms with Crippen molar-refractivity contribution in [2.75, 3.05) is 13.7 Å². The molecule has 9 nitrogen and oxygen atoms in total. The van der Waals surface area contributed by atoms with Crippen LogP contribution in [0, 0.1) is 6.92 Å². The van der Waals surface area contributed by atoms with Crippen molar-refractivity contribution in [1.29, 1.82) is 0 Å². The number of hydrogen-bond donors (Lipinski definition) is 3. The van der Waals surface area contributed by atoms with Crippen LogP contribution in [0.4, 0.5) is 13.2 Å². The molecule has 3 aromatic rings. The zero-order chi connectivity index (χ0) is 28.9. The van der Waals surface area contributed by atoms with E-state index in [9.17, 15) is 18.3 Å². The lowest BCUT2D eigenvalue weighted by molar-refractivity contribution is -0.139. The van der Waals surface area contributed by atoms with Gasteiger partial charge in [-0.15, -0.1) is 0 Å². The molecule has 1 aromatic carbocycles. The highest BCUT2D eigenvalue weighted by molar-refractivity contribution is 5.68. The minimum Gasteiger partial charge on any atom is -0.490 e. The van der Waals surface area contributed by atoms with Crippen LogP contribution < -0.4 is 10.1 Å². The molecule has 1 aliphatic carbocycles. The van der Waals surface area contributed by atoms with E-state index in [-0.39, 0.29) is 24.5 Å². The van der Waals surface area contributed by atoms with E-state index in [0.717, 1.165) is 28.6 Å². The van der Waals surface area contributed by atoms with Gasteiger partial charge in [0.15, 0.2) is 0 Å². The van der Waals surface area contributed by atoms with Gasteiger partial charge in [-0.3, -0.25) is 9.36 Å².